The van der Waals surface area contributed by atoms with Gasteiger partial charge in [0.25, 0.3) is 0 Å². The Labute approximate surface area is 216 Å². The van der Waals surface area contributed by atoms with E-state index in [0.29, 0.717) is 37.8 Å². The Balaban J connectivity index is 1.66. The van der Waals surface area contributed by atoms with Crippen LogP contribution in [0.1, 0.15) is 30.3 Å². The molecule has 5 rings (SSSR count). The highest BCUT2D eigenvalue weighted by Crippen LogP contribution is 2.30. The molecular formula is C31H31N3O3. The lowest BCUT2D eigenvalue weighted by Crippen LogP contribution is -2.11. The molecule has 2 heterocycles. The summed E-state index contributed by atoms with van der Waals surface area (Å²) < 4.78 is 13.4. The van der Waals surface area contributed by atoms with Gasteiger partial charge >= 0.3 is 0 Å². The molecule has 0 aliphatic carbocycles. The number of hydrogen-bond donors (Lipinski definition) is 0. The number of rotatable bonds is 11. The normalized spacial score (nSPS) is 11.3. The number of ketones is 1. The van der Waals surface area contributed by atoms with Crippen LogP contribution in [-0.2, 0) is 28.8 Å². The smallest absolute Gasteiger partial charge is 0.235 e. The molecule has 0 fully saturated rings. The number of aryl methyl sites for hydroxylation is 3. The van der Waals surface area contributed by atoms with Gasteiger partial charge in [0.1, 0.15) is 23.7 Å². The molecule has 37 heavy (non-hydrogen) atoms. The van der Waals surface area contributed by atoms with Crippen molar-refractivity contribution in [2.45, 2.75) is 32.6 Å². The van der Waals surface area contributed by atoms with Crippen molar-refractivity contribution in [2.24, 2.45) is 0 Å². The summed E-state index contributed by atoms with van der Waals surface area (Å²) in [5.41, 5.74) is 5.05. The Kier molecular flexibility index (Phi) is 7.57. The number of benzene rings is 3. The van der Waals surface area contributed by atoms with Crippen LogP contribution < -0.4 is 4.74 Å². The lowest BCUT2D eigenvalue weighted by molar-refractivity contribution is -0.117. The van der Waals surface area contributed by atoms with Crippen LogP contribution in [-0.4, -0.2) is 40.6 Å². The molecule has 0 bridgehead atoms. The number of ether oxygens (including phenoxy) is 2. The fourth-order valence-electron chi connectivity index (χ4n) is 4.66. The molecule has 5 aromatic rings. The van der Waals surface area contributed by atoms with Gasteiger partial charge in [-0.25, -0.2) is 9.97 Å². The molecular weight excluding hydrogens is 462 g/mol. The van der Waals surface area contributed by atoms with Crippen molar-refractivity contribution in [1.29, 1.82) is 0 Å². The fraction of sp³-hybridized carbons (Fsp3) is 0.258. The van der Waals surface area contributed by atoms with Gasteiger partial charge < -0.3 is 14.3 Å². The van der Waals surface area contributed by atoms with Crippen molar-refractivity contribution in [1.82, 2.24) is 14.5 Å². The van der Waals surface area contributed by atoms with Crippen LogP contribution in [0.5, 0.6) is 5.75 Å². The van der Waals surface area contributed by atoms with E-state index in [1.54, 1.807) is 14.0 Å². The lowest BCUT2D eigenvalue weighted by Gasteiger charge is -2.15. The molecule has 0 N–H and O–H groups in total. The molecule has 2 aromatic heterocycles. The molecule has 0 saturated carbocycles. The molecule has 0 unspecified atom stereocenters. The Morgan fingerprint density at radius 1 is 0.865 bits per heavy atom. The van der Waals surface area contributed by atoms with Gasteiger partial charge in [0.15, 0.2) is 0 Å². The second-order valence-electron chi connectivity index (χ2n) is 9.18. The molecule has 188 valence electrons. The minimum absolute atomic E-state index is 0.161. The number of aromatic nitrogens is 3. The summed E-state index contributed by atoms with van der Waals surface area (Å²) >= 11 is 0. The maximum Gasteiger partial charge on any atom is 0.235 e. The average Bonchev–Trinajstić information content (AvgIpc) is 3.30. The van der Waals surface area contributed by atoms with Gasteiger partial charge in [-0.05, 0) is 49.9 Å². The van der Waals surface area contributed by atoms with E-state index >= 15 is 0 Å². The molecule has 0 amide bonds. The predicted octanol–water partition coefficient (Wildman–Crippen LogP) is 5.91. The zero-order chi connectivity index (χ0) is 25.6. The zero-order valence-corrected chi connectivity index (χ0v) is 21.3. The van der Waals surface area contributed by atoms with E-state index in [-0.39, 0.29) is 5.78 Å². The first kappa shape index (κ1) is 24.7. The molecule has 6 nitrogen and oxygen atoms in total. The quantitative estimate of drug-likeness (QED) is 0.214. The van der Waals surface area contributed by atoms with Gasteiger partial charge in [-0.2, -0.15) is 0 Å². The lowest BCUT2D eigenvalue weighted by atomic mass is 10.0. The first-order valence-electron chi connectivity index (χ1n) is 12.7. The molecule has 0 spiro atoms. The van der Waals surface area contributed by atoms with Gasteiger partial charge in [0.2, 0.25) is 5.95 Å². The van der Waals surface area contributed by atoms with Crippen LogP contribution >= 0.6 is 0 Å². The number of nitrogens with zero attached hydrogens (tertiary/aromatic N) is 3. The first-order chi connectivity index (χ1) is 18.1. The second kappa shape index (κ2) is 11.4. The number of carbonyl (C=O) groups is 1. The molecule has 0 atom stereocenters. The van der Waals surface area contributed by atoms with Crippen molar-refractivity contribution in [3.05, 3.63) is 95.8 Å². The Bertz CT molecular complexity index is 1530. The second-order valence-corrected chi connectivity index (χ2v) is 9.18. The van der Waals surface area contributed by atoms with Crippen LogP contribution in [0.4, 0.5) is 0 Å². The van der Waals surface area contributed by atoms with Crippen LogP contribution in [0.15, 0.2) is 78.9 Å². The van der Waals surface area contributed by atoms with Gasteiger partial charge in [-0.1, -0.05) is 60.7 Å². The average molecular weight is 494 g/mol. The fourth-order valence-corrected chi connectivity index (χ4v) is 4.66. The minimum Gasteiger partial charge on any atom is -0.489 e. The van der Waals surface area contributed by atoms with Crippen LogP contribution in [0.2, 0.25) is 0 Å². The SMILES string of the molecule is COCCOc1cccc2c(CCc3ccccc3)nc(-n3c(CCC(C)=O)cc4ccccc43)nc12. The standard InChI is InChI=1S/C31H31N3O3/c1-22(35)15-17-25-21-24-11-6-7-13-28(24)34(25)31-32-27(18-16-23-9-4-3-5-10-23)26-12-8-14-29(30(26)33-31)37-20-19-36-2/h3-14,21H,15-20H2,1-2H3. The van der Waals surface area contributed by atoms with Crippen LogP contribution in [0, 0.1) is 0 Å². The summed E-state index contributed by atoms with van der Waals surface area (Å²) in [4.78, 5) is 22.0. The third-order valence-electron chi connectivity index (χ3n) is 6.52. The van der Waals surface area contributed by atoms with E-state index in [1.807, 2.05) is 30.3 Å². The third-order valence-corrected chi connectivity index (χ3v) is 6.52. The number of Topliss-reactive ketones (excluding diaryl/α,β-unsaturated/α-hetero) is 1. The van der Waals surface area contributed by atoms with Gasteiger partial charge in [0.05, 0.1) is 17.8 Å². The van der Waals surface area contributed by atoms with E-state index in [2.05, 4.69) is 53.1 Å². The zero-order valence-electron chi connectivity index (χ0n) is 21.3. The van der Waals surface area contributed by atoms with Crippen molar-refractivity contribution in [3.63, 3.8) is 0 Å². The van der Waals surface area contributed by atoms with E-state index in [0.717, 1.165) is 46.0 Å². The highest BCUT2D eigenvalue weighted by Gasteiger charge is 2.18. The number of fused-ring (bicyclic) bond motifs is 2. The van der Waals surface area contributed by atoms with E-state index in [9.17, 15) is 4.79 Å². The van der Waals surface area contributed by atoms with E-state index < -0.39 is 0 Å². The van der Waals surface area contributed by atoms with E-state index in [1.165, 1.54) is 5.56 Å². The topological polar surface area (TPSA) is 66.2 Å². The number of hydrogen-bond acceptors (Lipinski definition) is 5. The summed E-state index contributed by atoms with van der Waals surface area (Å²) in [7, 11) is 1.66. The van der Waals surface area contributed by atoms with Gasteiger partial charge in [-0.15, -0.1) is 0 Å². The highest BCUT2D eigenvalue weighted by molar-refractivity contribution is 5.88. The Morgan fingerprint density at radius 3 is 2.49 bits per heavy atom. The third kappa shape index (κ3) is 5.54. The highest BCUT2D eigenvalue weighted by atomic mass is 16.5. The van der Waals surface area contributed by atoms with Gasteiger partial charge in [-0.3, -0.25) is 4.57 Å². The van der Waals surface area contributed by atoms with Crippen molar-refractivity contribution in [2.75, 3.05) is 20.3 Å². The van der Waals surface area contributed by atoms with E-state index in [4.69, 9.17) is 19.4 Å². The number of para-hydroxylation sites is 2. The molecule has 0 aliphatic heterocycles. The summed E-state index contributed by atoms with van der Waals surface area (Å²) in [5, 5.41) is 2.08. The maximum atomic E-state index is 11.8. The first-order valence-corrected chi connectivity index (χ1v) is 12.7. The molecule has 3 aromatic carbocycles. The summed E-state index contributed by atoms with van der Waals surface area (Å²) in [6.45, 7) is 2.56. The molecule has 0 radical (unpaired) electrons. The predicted molar refractivity (Wildman–Crippen MR) is 147 cm³/mol. The Morgan fingerprint density at radius 2 is 1.68 bits per heavy atom. The van der Waals surface area contributed by atoms with Crippen molar-refractivity contribution in [3.8, 4) is 11.7 Å². The van der Waals surface area contributed by atoms with Crippen molar-refractivity contribution < 1.29 is 14.3 Å². The maximum absolute atomic E-state index is 11.8. The number of carbonyl (C=O) groups excluding carboxylic acids is 1. The number of methoxy groups -OCH3 is 1. The van der Waals surface area contributed by atoms with Crippen LogP contribution in [0.3, 0.4) is 0 Å². The summed E-state index contributed by atoms with van der Waals surface area (Å²) in [6.07, 6.45) is 2.72. The summed E-state index contributed by atoms with van der Waals surface area (Å²) in [5.74, 6) is 1.47. The molecule has 0 aliphatic rings. The molecule has 0 saturated heterocycles. The molecule has 6 heteroatoms. The summed E-state index contributed by atoms with van der Waals surface area (Å²) in [6, 6.07) is 26.8. The largest absolute Gasteiger partial charge is 0.489 e. The van der Waals surface area contributed by atoms with Crippen LogP contribution in [0.25, 0.3) is 27.8 Å². The van der Waals surface area contributed by atoms with Gasteiger partial charge in [0, 0.05) is 30.0 Å². The Hall–Kier alpha value is -4.03. The van der Waals surface area contributed by atoms with Crippen molar-refractivity contribution >= 4 is 27.6 Å². The monoisotopic (exact) mass is 493 g/mol. The minimum atomic E-state index is 0.161.